The summed E-state index contributed by atoms with van der Waals surface area (Å²) in [6.07, 6.45) is 5.89. The molecule has 0 radical (unpaired) electrons. The molecule has 0 spiro atoms. The van der Waals surface area contributed by atoms with E-state index in [0.717, 1.165) is 28.6 Å². The second-order valence-electron chi connectivity index (χ2n) is 4.83. The maximum atomic E-state index is 4.58. The maximum absolute atomic E-state index is 4.58. The van der Waals surface area contributed by atoms with Crippen LogP contribution in [0.3, 0.4) is 0 Å². The van der Waals surface area contributed by atoms with Crippen LogP contribution in [0.4, 0.5) is 11.6 Å². The van der Waals surface area contributed by atoms with E-state index in [-0.39, 0.29) is 0 Å². The number of nitrogens with zero attached hydrogens (tertiary/aromatic N) is 2. The van der Waals surface area contributed by atoms with Crippen molar-refractivity contribution in [3.05, 3.63) is 6.07 Å². The number of aromatic nitrogens is 2. The predicted octanol–water partition coefficient (Wildman–Crippen LogP) is 3.72. The Kier molecular flexibility index (Phi) is 6.29. The van der Waals surface area contributed by atoms with E-state index >= 15 is 0 Å². The minimum absolute atomic E-state index is 0.541. The molecule has 1 saturated carbocycles. The topological polar surface area (TPSA) is 49.8 Å². The van der Waals surface area contributed by atoms with E-state index < -0.39 is 0 Å². The molecule has 0 bridgehead atoms. The van der Waals surface area contributed by atoms with Crippen molar-refractivity contribution < 1.29 is 0 Å². The summed E-state index contributed by atoms with van der Waals surface area (Å²) in [5.74, 6) is 3.05. The summed E-state index contributed by atoms with van der Waals surface area (Å²) in [5, 5.41) is 8.44. The van der Waals surface area contributed by atoms with Crippen LogP contribution in [-0.2, 0) is 0 Å². The van der Waals surface area contributed by atoms with Crippen molar-refractivity contribution in [1.29, 1.82) is 0 Å². The Morgan fingerprint density at radius 1 is 1.25 bits per heavy atom. The van der Waals surface area contributed by atoms with Gasteiger partial charge in [-0.15, -0.1) is 0 Å². The molecule has 1 fully saturated rings. The van der Waals surface area contributed by atoms with Crippen LogP contribution in [0, 0.1) is 0 Å². The summed E-state index contributed by atoms with van der Waals surface area (Å²) < 4.78 is 0. The van der Waals surface area contributed by atoms with E-state index in [0.29, 0.717) is 6.04 Å². The van der Waals surface area contributed by atoms with Crippen molar-refractivity contribution in [3.63, 3.8) is 0 Å². The fourth-order valence-corrected chi connectivity index (χ4v) is 4.13. The van der Waals surface area contributed by atoms with E-state index in [4.69, 9.17) is 0 Å². The lowest BCUT2D eigenvalue weighted by Crippen LogP contribution is -2.26. The Balaban J connectivity index is 2.09. The summed E-state index contributed by atoms with van der Waals surface area (Å²) in [7, 11) is 0. The normalized spacial score (nSPS) is 21.9. The van der Waals surface area contributed by atoms with Crippen molar-refractivity contribution >= 4 is 35.2 Å². The molecular formula is C14H24N4S2. The molecule has 20 heavy (non-hydrogen) atoms. The summed E-state index contributed by atoms with van der Waals surface area (Å²) in [4.78, 5) is 9.05. The average Bonchev–Trinajstić information content (AvgIpc) is 2.86. The Morgan fingerprint density at radius 2 is 2.05 bits per heavy atom. The van der Waals surface area contributed by atoms with Crippen molar-refractivity contribution in [2.24, 2.45) is 0 Å². The first-order valence-corrected chi connectivity index (χ1v) is 9.59. The minimum atomic E-state index is 0.541. The van der Waals surface area contributed by atoms with Crippen LogP contribution < -0.4 is 10.6 Å². The predicted molar refractivity (Wildman–Crippen MR) is 91.2 cm³/mol. The highest BCUT2D eigenvalue weighted by Crippen LogP contribution is 2.32. The molecule has 1 aliphatic carbocycles. The first-order valence-electron chi connectivity index (χ1n) is 7.31. The number of hydrogen-bond acceptors (Lipinski definition) is 6. The molecule has 2 atom stereocenters. The fourth-order valence-electron chi connectivity index (χ4n) is 2.56. The Labute approximate surface area is 130 Å². The van der Waals surface area contributed by atoms with Gasteiger partial charge in [0.05, 0.1) is 0 Å². The molecule has 4 nitrogen and oxygen atoms in total. The largest absolute Gasteiger partial charge is 0.370 e. The zero-order chi connectivity index (χ0) is 14.4. The zero-order valence-corrected chi connectivity index (χ0v) is 14.1. The van der Waals surface area contributed by atoms with Gasteiger partial charge >= 0.3 is 0 Å². The van der Waals surface area contributed by atoms with Crippen molar-refractivity contribution in [1.82, 2.24) is 9.97 Å². The molecule has 0 saturated heterocycles. The van der Waals surface area contributed by atoms with E-state index in [9.17, 15) is 0 Å². The monoisotopic (exact) mass is 312 g/mol. The van der Waals surface area contributed by atoms with Gasteiger partial charge in [0.2, 0.25) is 0 Å². The summed E-state index contributed by atoms with van der Waals surface area (Å²) >= 11 is 3.65. The first kappa shape index (κ1) is 15.8. The van der Waals surface area contributed by atoms with E-state index in [1.54, 1.807) is 11.8 Å². The Bertz CT molecular complexity index is 428. The Morgan fingerprint density at radius 3 is 2.75 bits per heavy atom. The van der Waals surface area contributed by atoms with Crippen LogP contribution in [-0.4, -0.2) is 39.8 Å². The highest BCUT2D eigenvalue weighted by Gasteiger charge is 2.27. The van der Waals surface area contributed by atoms with Crippen molar-refractivity contribution in [2.75, 3.05) is 29.2 Å². The lowest BCUT2D eigenvalue weighted by Gasteiger charge is -2.21. The molecule has 6 heteroatoms. The molecular weight excluding hydrogens is 288 g/mol. The lowest BCUT2D eigenvalue weighted by molar-refractivity contribution is 0.757. The highest BCUT2D eigenvalue weighted by molar-refractivity contribution is 7.99. The number of thioether (sulfide) groups is 2. The maximum Gasteiger partial charge on any atom is 0.191 e. The van der Waals surface area contributed by atoms with Crippen molar-refractivity contribution in [3.8, 4) is 0 Å². The molecule has 1 aliphatic rings. The SMILES string of the molecule is CCNc1cc(NC2CCCC2SCC)nc(SC)n1. The third kappa shape index (κ3) is 4.19. The second-order valence-corrected chi connectivity index (χ2v) is 7.12. The molecule has 0 aliphatic heterocycles. The van der Waals surface area contributed by atoms with Gasteiger partial charge in [-0.2, -0.15) is 11.8 Å². The number of nitrogens with one attached hydrogen (secondary N) is 2. The summed E-state index contributed by atoms with van der Waals surface area (Å²) in [5.41, 5.74) is 0. The van der Waals surface area contributed by atoms with Crippen LogP contribution in [0.2, 0.25) is 0 Å². The summed E-state index contributed by atoms with van der Waals surface area (Å²) in [6.45, 7) is 5.20. The Hall–Kier alpha value is -0.620. The average molecular weight is 313 g/mol. The van der Waals surface area contributed by atoms with Gasteiger partial charge in [-0.3, -0.25) is 0 Å². The van der Waals surface area contributed by atoms with E-state index in [1.807, 2.05) is 12.3 Å². The quantitative estimate of drug-likeness (QED) is 0.591. The molecule has 2 N–H and O–H groups in total. The molecule has 0 aromatic carbocycles. The van der Waals surface area contributed by atoms with Crippen LogP contribution in [0.25, 0.3) is 0 Å². The van der Waals surface area contributed by atoms with Gasteiger partial charge in [0.15, 0.2) is 5.16 Å². The van der Waals surface area contributed by atoms with Gasteiger partial charge in [-0.1, -0.05) is 25.1 Å². The lowest BCUT2D eigenvalue weighted by atomic mass is 10.2. The van der Waals surface area contributed by atoms with Gasteiger partial charge in [-0.25, -0.2) is 9.97 Å². The van der Waals surface area contributed by atoms with Gasteiger partial charge < -0.3 is 10.6 Å². The molecule has 2 unspecified atom stereocenters. The molecule has 112 valence electrons. The molecule has 1 heterocycles. The number of anilines is 2. The van der Waals surface area contributed by atoms with Crippen LogP contribution in [0.5, 0.6) is 0 Å². The smallest absolute Gasteiger partial charge is 0.191 e. The zero-order valence-electron chi connectivity index (χ0n) is 12.5. The molecule has 1 aromatic rings. The minimum Gasteiger partial charge on any atom is -0.370 e. The van der Waals surface area contributed by atoms with E-state index in [2.05, 4.69) is 46.2 Å². The van der Waals surface area contributed by atoms with Gasteiger partial charge in [0.25, 0.3) is 0 Å². The summed E-state index contributed by atoms with van der Waals surface area (Å²) in [6, 6.07) is 2.56. The van der Waals surface area contributed by atoms with Gasteiger partial charge in [-0.05, 0) is 31.8 Å². The van der Waals surface area contributed by atoms with Crippen LogP contribution in [0.1, 0.15) is 33.1 Å². The van der Waals surface area contributed by atoms with Crippen molar-refractivity contribution in [2.45, 2.75) is 49.6 Å². The highest BCUT2D eigenvalue weighted by atomic mass is 32.2. The van der Waals surface area contributed by atoms with Crippen LogP contribution in [0.15, 0.2) is 11.2 Å². The third-order valence-electron chi connectivity index (χ3n) is 3.41. The molecule has 1 aromatic heterocycles. The second kappa shape index (κ2) is 7.98. The van der Waals surface area contributed by atoms with Gasteiger partial charge in [0, 0.05) is 23.9 Å². The first-order chi connectivity index (χ1) is 9.76. The standard InChI is InChI=1S/C14H24N4S2/c1-4-15-12-9-13(18-14(17-12)19-3)16-10-7-6-8-11(10)20-5-2/h9-11H,4-8H2,1-3H3,(H2,15,16,17,18). The third-order valence-corrected chi connectivity index (χ3v) is 5.29. The van der Waals surface area contributed by atoms with E-state index in [1.165, 1.54) is 25.0 Å². The molecule has 0 amide bonds. The van der Waals surface area contributed by atoms with Crippen LogP contribution >= 0.6 is 23.5 Å². The fraction of sp³-hybridized carbons (Fsp3) is 0.714. The van der Waals surface area contributed by atoms with Gasteiger partial charge in [0.1, 0.15) is 11.6 Å². The molecule has 2 rings (SSSR count). The number of rotatable bonds is 7. The number of hydrogen-bond donors (Lipinski definition) is 2.